The van der Waals surface area contributed by atoms with Crippen molar-refractivity contribution in [2.24, 2.45) is 16.7 Å². The van der Waals surface area contributed by atoms with Crippen LogP contribution in [0.2, 0.25) is 0 Å². The standard InChI is InChI=1S/C21H29FN2O4S/c1-20(2)15-6-7-21(20,3)18(13-15)23-19(25)14-4-5-16(22)17(12-14)29(26,27)24-8-10-28-11-9-24/h4-5,12,15,18H,6-11,13H2,1-3H3,(H,23,25). The Labute approximate surface area is 171 Å². The highest BCUT2D eigenvalue weighted by Crippen LogP contribution is 2.65. The number of sulfonamides is 1. The minimum atomic E-state index is -4.02. The fourth-order valence-corrected chi connectivity index (χ4v) is 6.93. The molecule has 0 spiro atoms. The van der Waals surface area contributed by atoms with E-state index in [1.165, 1.54) is 16.8 Å². The number of nitrogens with zero attached hydrogens (tertiary/aromatic N) is 1. The van der Waals surface area contributed by atoms with Gasteiger partial charge in [0.25, 0.3) is 5.91 Å². The molecule has 3 unspecified atom stereocenters. The van der Waals surface area contributed by atoms with Gasteiger partial charge < -0.3 is 10.1 Å². The number of amides is 1. The number of hydrogen-bond donors (Lipinski definition) is 1. The second-order valence-corrected chi connectivity index (χ2v) is 11.2. The lowest BCUT2D eigenvalue weighted by Gasteiger charge is -2.39. The summed E-state index contributed by atoms with van der Waals surface area (Å²) in [6.07, 6.45) is 3.17. The van der Waals surface area contributed by atoms with E-state index in [1.807, 2.05) is 0 Å². The number of nitrogens with one attached hydrogen (secondary N) is 1. The molecule has 160 valence electrons. The first kappa shape index (κ1) is 20.8. The van der Waals surface area contributed by atoms with Crippen LogP contribution in [-0.2, 0) is 14.8 Å². The molecule has 1 aromatic carbocycles. The van der Waals surface area contributed by atoms with Gasteiger partial charge in [0.05, 0.1) is 13.2 Å². The molecular formula is C21H29FN2O4S. The molecule has 8 heteroatoms. The number of rotatable bonds is 4. The summed E-state index contributed by atoms with van der Waals surface area (Å²) in [4.78, 5) is 12.5. The molecule has 0 aromatic heterocycles. The first-order valence-corrected chi connectivity index (χ1v) is 11.7. The van der Waals surface area contributed by atoms with E-state index >= 15 is 0 Å². The Morgan fingerprint density at radius 2 is 1.93 bits per heavy atom. The smallest absolute Gasteiger partial charge is 0.251 e. The Bertz CT molecular complexity index is 927. The predicted molar refractivity (Wildman–Crippen MR) is 106 cm³/mol. The lowest BCUT2D eigenvalue weighted by Crippen LogP contribution is -2.47. The highest BCUT2D eigenvalue weighted by atomic mass is 32.2. The van der Waals surface area contributed by atoms with Crippen molar-refractivity contribution in [3.63, 3.8) is 0 Å². The summed E-state index contributed by atoms with van der Waals surface area (Å²) in [6, 6.07) is 3.61. The van der Waals surface area contributed by atoms with Crippen LogP contribution in [0.3, 0.4) is 0 Å². The number of carbonyl (C=O) groups excluding carboxylic acids is 1. The van der Waals surface area contributed by atoms with Gasteiger partial charge in [-0.3, -0.25) is 4.79 Å². The van der Waals surface area contributed by atoms with Gasteiger partial charge in [0, 0.05) is 24.7 Å². The molecule has 1 heterocycles. The topological polar surface area (TPSA) is 75.7 Å². The van der Waals surface area contributed by atoms with Crippen molar-refractivity contribution in [2.45, 2.75) is 51.0 Å². The molecular weight excluding hydrogens is 395 g/mol. The van der Waals surface area contributed by atoms with Gasteiger partial charge in [-0.05, 0) is 54.2 Å². The SMILES string of the molecule is CC1(C)C2CCC1(C)C(NC(=O)c1ccc(F)c(S(=O)(=O)N3CCOCC3)c1)C2. The number of halogens is 1. The number of benzene rings is 1. The fraction of sp³-hybridized carbons (Fsp3) is 0.667. The average molecular weight is 425 g/mol. The van der Waals surface area contributed by atoms with Crippen LogP contribution in [0.5, 0.6) is 0 Å². The Kier molecular flexibility index (Phi) is 5.03. The maximum absolute atomic E-state index is 14.4. The maximum Gasteiger partial charge on any atom is 0.251 e. The molecule has 1 aliphatic heterocycles. The van der Waals surface area contributed by atoms with Gasteiger partial charge in [0.15, 0.2) is 0 Å². The molecule has 3 fully saturated rings. The zero-order valence-electron chi connectivity index (χ0n) is 17.2. The van der Waals surface area contributed by atoms with Crippen molar-refractivity contribution >= 4 is 15.9 Å². The predicted octanol–water partition coefficient (Wildman–Crippen LogP) is 2.79. The lowest BCUT2D eigenvalue weighted by atomic mass is 9.69. The highest BCUT2D eigenvalue weighted by Gasteiger charge is 2.61. The van der Waals surface area contributed by atoms with Crippen molar-refractivity contribution in [2.75, 3.05) is 26.3 Å². The van der Waals surface area contributed by atoms with Crippen LogP contribution in [-0.4, -0.2) is 51.0 Å². The summed E-state index contributed by atoms with van der Waals surface area (Å²) in [7, 11) is -4.02. The third kappa shape index (κ3) is 3.20. The normalized spacial score (nSPS) is 31.7. The van der Waals surface area contributed by atoms with Crippen LogP contribution in [0.4, 0.5) is 4.39 Å². The zero-order valence-corrected chi connectivity index (χ0v) is 18.0. The van der Waals surface area contributed by atoms with E-state index in [-0.39, 0.29) is 54.6 Å². The van der Waals surface area contributed by atoms with Gasteiger partial charge >= 0.3 is 0 Å². The Hall–Kier alpha value is -1.51. The van der Waals surface area contributed by atoms with Crippen LogP contribution in [0.15, 0.2) is 23.1 Å². The minimum Gasteiger partial charge on any atom is -0.379 e. The molecule has 1 saturated heterocycles. The molecule has 3 aliphatic rings. The highest BCUT2D eigenvalue weighted by molar-refractivity contribution is 7.89. The van der Waals surface area contributed by atoms with E-state index < -0.39 is 20.7 Å². The Morgan fingerprint density at radius 3 is 2.52 bits per heavy atom. The third-order valence-electron chi connectivity index (χ3n) is 7.88. The third-order valence-corrected chi connectivity index (χ3v) is 9.79. The fourth-order valence-electron chi connectivity index (χ4n) is 5.43. The molecule has 1 amide bonds. The largest absolute Gasteiger partial charge is 0.379 e. The summed E-state index contributed by atoms with van der Waals surface area (Å²) >= 11 is 0. The molecule has 4 rings (SSSR count). The second kappa shape index (κ2) is 7.03. The molecule has 6 nitrogen and oxygen atoms in total. The average Bonchev–Trinajstić information content (AvgIpc) is 3.02. The lowest BCUT2D eigenvalue weighted by molar-refractivity contribution is 0.0729. The van der Waals surface area contributed by atoms with Gasteiger partial charge in [-0.25, -0.2) is 12.8 Å². The van der Waals surface area contributed by atoms with E-state index in [0.29, 0.717) is 5.92 Å². The van der Waals surface area contributed by atoms with Gasteiger partial charge in [-0.2, -0.15) is 4.31 Å². The van der Waals surface area contributed by atoms with Crippen LogP contribution < -0.4 is 5.32 Å². The van der Waals surface area contributed by atoms with Gasteiger partial charge in [0.2, 0.25) is 10.0 Å². The first-order chi connectivity index (χ1) is 13.6. The van der Waals surface area contributed by atoms with Crippen LogP contribution in [0.25, 0.3) is 0 Å². The van der Waals surface area contributed by atoms with Crippen LogP contribution in [0.1, 0.15) is 50.4 Å². The monoisotopic (exact) mass is 424 g/mol. The summed E-state index contributed by atoms with van der Waals surface area (Å²) in [5.41, 5.74) is 0.330. The molecule has 1 N–H and O–H groups in total. The summed E-state index contributed by atoms with van der Waals surface area (Å²) in [5, 5.41) is 3.11. The summed E-state index contributed by atoms with van der Waals surface area (Å²) < 4.78 is 46.5. The molecule has 0 radical (unpaired) electrons. The molecule has 2 aliphatic carbocycles. The van der Waals surface area contributed by atoms with Crippen molar-refractivity contribution in [3.05, 3.63) is 29.6 Å². The summed E-state index contributed by atoms with van der Waals surface area (Å²) in [6.45, 7) is 7.66. The van der Waals surface area contributed by atoms with Crippen molar-refractivity contribution in [1.82, 2.24) is 9.62 Å². The van der Waals surface area contributed by atoms with Crippen LogP contribution >= 0.6 is 0 Å². The van der Waals surface area contributed by atoms with Gasteiger partial charge in [-0.15, -0.1) is 0 Å². The van der Waals surface area contributed by atoms with E-state index in [9.17, 15) is 17.6 Å². The van der Waals surface area contributed by atoms with E-state index in [1.54, 1.807) is 0 Å². The molecule has 29 heavy (non-hydrogen) atoms. The molecule has 2 saturated carbocycles. The molecule has 1 aromatic rings. The van der Waals surface area contributed by atoms with Crippen molar-refractivity contribution < 1.29 is 22.3 Å². The number of fused-ring (bicyclic) bond motifs is 2. The molecule has 2 bridgehead atoms. The first-order valence-electron chi connectivity index (χ1n) is 10.3. The van der Waals surface area contributed by atoms with E-state index in [0.717, 1.165) is 25.0 Å². The summed E-state index contributed by atoms with van der Waals surface area (Å²) in [5.74, 6) is -0.623. The van der Waals surface area contributed by atoms with E-state index in [2.05, 4.69) is 26.1 Å². The number of carbonyl (C=O) groups is 1. The number of hydrogen-bond acceptors (Lipinski definition) is 4. The maximum atomic E-state index is 14.4. The molecule has 3 atom stereocenters. The van der Waals surface area contributed by atoms with E-state index in [4.69, 9.17) is 4.74 Å². The van der Waals surface area contributed by atoms with Gasteiger partial charge in [-0.1, -0.05) is 20.8 Å². The zero-order chi connectivity index (χ0) is 21.0. The van der Waals surface area contributed by atoms with Crippen molar-refractivity contribution in [1.29, 1.82) is 0 Å². The quantitative estimate of drug-likeness (QED) is 0.807. The van der Waals surface area contributed by atoms with Crippen molar-refractivity contribution in [3.8, 4) is 0 Å². The second-order valence-electron chi connectivity index (χ2n) is 9.30. The van der Waals surface area contributed by atoms with Crippen LogP contribution in [0, 0.1) is 22.6 Å². The number of morpholine rings is 1. The number of ether oxygens (including phenoxy) is 1. The van der Waals surface area contributed by atoms with Gasteiger partial charge in [0.1, 0.15) is 10.7 Å². The Morgan fingerprint density at radius 1 is 1.24 bits per heavy atom. The Balaban J connectivity index is 1.57. The minimum absolute atomic E-state index is 0.00998.